The van der Waals surface area contributed by atoms with Gasteiger partial charge >= 0.3 is 0 Å². The standard InChI is InChI=1S/C19H19N3O5S2/c1-2-9-22-13-8-7-12(29(20,24)25)10-17(13)28-19(22)21-18(23)16-11-26-14-5-3-4-6-15(14)27-16/h3-8,10,16H,2,9,11H2,1H3,(H2,20,24,25). The molecule has 1 atom stereocenters. The Bertz CT molecular complexity index is 1260. The molecule has 1 aromatic heterocycles. The van der Waals surface area contributed by atoms with Crippen molar-refractivity contribution in [3.05, 3.63) is 47.3 Å². The van der Waals surface area contributed by atoms with Crippen LogP contribution in [0.4, 0.5) is 0 Å². The molecule has 0 bridgehead atoms. The summed E-state index contributed by atoms with van der Waals surface area (Å²) >= 11 is 1.23. The van der Waals surface area contributed by atoms with Crippen LogP contribution in [0, 0.1) is 0 Å². The molecular weight excluding hydrogens is 414 g/mol. The number of nitrogens with zero attached hydrogens (tertiary/aromatic N) is 2. The van der Waals surface area contributed by atoms with Crippen molar-refractivity contribution in [2.45, 2.75) is 30.9 Å². The average molecular weight is 434 g/mol. The van der Waals surface area contributed by atoms with Gasteiger partial charge in [0, 0.05) is 6.54 Å². The van der Waals surface area contributed by atoms with Crippen molar-refractivity contribution in [2.24, 2.45) is 10.1 Å². The van der Waals surface area contributed by atoms with Gasteiger partial charge in [0.25, 0.3) is 5.91 Å². The van der Waals surface area contributed by atoms with Crippen molar-refractivity contribution in [3.8, 4) is 11.5 Å². The highest BCUT2D eigenvalue weighted by molar-refractivity contribution is 7.89. The number of ether oxygens (including phenoxy) is 2. The Hall–Kier alpha value is -2.69. The van der Waals surface area contributed by atoms with Crippen LogP contribution in [0.2, 0.25) is 0 Å². The van der Waals surface area contributed by atoms with Gasteiger partial charge in [-0.05, 0) is 36.8 Å². The van der Waals surface area contributed by atoms with E-state index in [0.29, 0.717) is 27.5 Å². The zero-order valence-corrected chi connectivity index (χ0v) is 17.2. The molecule has 1 aliphatic heterocycles. The molecule has 29 heavy (non-hydrogen) atoms. The van der Waals surface area contributed by atoms with Crippen LogP contribution < -0.4 is 19.4 Å². The predicted octanol–water partition coefficient (Wildman–Crippen LogP) is 2.03. The van der Waals surface area contributed by atoms with Gasteiger partial charge in [-0.1, -0.05) is 30.4 Å². The molecule has 3 aromatic rings. The molecule has 0 fully saturated rings. The quantitative estimate of drug-likeness (QED) is 0.676. The van der Waals surface area contributed by atoms with E-state index in [1.54, 1.807) is 24.3 Å². The third kappa shape index (κ3) is 3.91. The van der Waals surface area contributed by atoms with Crippen LogP contribution >= 0.6 is 11.3 Å². The maximum Gasteiger partial charge on any atom is 0.292 e. The van der Waals surface area contributed by atoms with E-state index >= 15 is 0 Å². The van der Waals surface area contributed by atoms with Gasteiger partial charge in [-0.2, -0.15) is 4.99 Å². The van der Waals surface area contributed by atoms with Gasteiger partial charge in [0.05, 0.1) is 15.1 Å². The van der Waals surface area contributed by atoms with Crippen LogP contribution in [0.25, 0.3) is 10.2 Å². The third-order valence-corrected chi connectivity index (χ3v) is 6.37. The Morgan fingerprint density at radius 2 is 2.03 bits per heavy atom. The summed E-state index contributed by atoms with van der Waals surface area (Å²) in [4.78, 5) is 17.5. The van der Waals surface area contributed by atoms with Crippen molar-refractivity contribution in [3.63, 3.8) is 0 Å². The summed E-state index contributed by atoms with van der Waals surface area (Å²) in [6.45, 7) is 2.72. The molecule has 0 aliphatic carbocycles. The van der Waals surface area contributed by atoms with Crippen molar-refractivity contribution in [1.29, 1.82) is 0 Å². The molecule has 2 heterocycles. The van der Waals surface area contributed by atoms with Gasteiger partial charge in [0.15, 0.2) is 16.3 Å². The number of primary sulfonamides is 1. The Morgan fingerprint density at radius 1 is 1.28 bits per heavy atom. The maximum atomic E-state index is 12.7. The first-order valence-electron chi connectivity index (χ1n) is 9.00. The highest BCUT2D eigenvalue weighted by Crippen LogP contribution is 2.31. The summed E-state index contributed by atoms with van der Waals surface area (Å²) in [6.07, 6.45) is -0.0224. The first-order valence-corrected chi connectivity index (χ1v) is 11.4. The fourth-order valence-electron chi connectivity index (χ4n) is 3.06. The third-order valence-electron chi connectivity index (χ3n) is 4.42. The van der Waals surface area contributed by atoms with Crippen LogP contribution in [0.5, 0.6) is 11.5 Å². The van der Waals surface area contributed by atoms with Gasteiger partial charge in [-0.3, -0.25) is 4.79 Å². The molecule has 1 amide bonds. The number of aryl methyl sites for hydroxylation is 1. The van der Waals surface area contributed by atoms with Gasteiger partial charge in [0.1, 0.15) is 6.61 Å². The second-order valence-corrected chi connectivity index (χ2v) is 9.10. The molecule has 1 unspecified atom stereocenters. The van der Waals surface area contributed by atoms with E-state index in [-0.39, 0.29) is 11.5 Å². The molecule has 0 spiro atoms. The van der Waals surface area contributed by atoms with Gasteiger partial charge in [-0.15, -0.1) is 0 Å². The number of thiazole rings is 1. The van der Waals surface area contributed by atoms with Crippen LogP contribution in [-0.2, 0) is 21.4 Å². The van der Waals surface area contributed by atoms with E-state index in [0.717, 1.165) is 11.9 Å². The Kier molecular flexibility index (Phi) is 5.15. The number of hydrogen-bond donors (Lipinski definition) is 1. The summed E-state index contributed by atoms with van der Waals surface area (Å²) in [5.74, 6) is 0.639. The van der Waals surface area contributed by atoms with Gasteiger partial charge in [-0.25, -0.2) is 13.6 Å². The van der Waals surface area contributed by atoms with E-state index in [2.05, 4.69) is 4.99 Å². The summed E-state index contributed by atoms with van der Waals surface area (Å²) in [7, 11) is -3.82. The van der Waals surface area contributed by atoms with Gasteiger partial charge < -0.3 is 14.0 Å². The molecular formula is C19H19N3O5S2. The van der Waals surface area contributed by atoms with Crippen molar-refractivity contribution >= 4 is 37.5 Å². The van der Waals surface area contributed by atoms with E-state index < -0.39 is 22.0 Å². The second kappa shape index (κ2) is 7.62. The number of sulfonamides is 1. The number of amides is 1. The molecule has 10 heteroatoms. The Labute approximate surface area is 171 Å². The molecule has 152 valence electrons. The molecule has 2 N–H and O–H groups in total. The number of aromatic nitrogens is 1. The summed E-state index contributed by atoms with van der Waals surface area (Å²) in [6, 6.07) is 11.8. The number of carbonyl (C=O) groups excluding carboxylic acids is 1. The lowest BCUT2D eigenvalue weighted by Crippen LogP contribution is -2.36. The summed E-state index contributed by atoms with van der Waals surface area (Å²) < 4.78 is 37.2. The van der Waals surface area contributed by atoms with Gasteiger partial charge in [0.2, 0.25) is 16.1 Å². The lowest BCUT2D eigenvalue weighted by molar-refractivity contribution is -0.127. The van der Waals surface area contributed by atoms with Crippen molar-refractivity contribution in [2.75, 3.05) is 6.61 Å². The first kappa shape index (κ1) is 19.6. The van der Waals surface area contributed by atoms with Crippen molar-refractivity contribution < 1.29 is 22.7 Å². The van der Waals surface area contributed by atoms with Crippen LogP contribution in [0.3, 0.4) is 0 Å². The summed E-state index contributed by atoms with van der Waals surface area (Å²) in [5.41, 5.74) is 0.793. The second-order valence-electron chi connectivity index (χ2n) is 6.53. The number of benzene rings is 2. The lowest BCUT2D eigenvalue weighted by Gasteiger charge is -2.23. The highest BCUT2D eigenvalue weighted by atomic mass is 32.2. The number of fused-ring (bicyclic) bond motifs is 2. The van der Waals surface area contributed by atoms with E-state index in [9.17, 15) is 13.2 Å². The lowest BCUT2D eigenvalue weighted by atomic mass is 10.2. The minimum absolute atomic E-state index is 0.0217. The van der Waals surface area contributed by atoms with Crippen molar-refractivity contribution in [1.82, 2.24) is 4.57 Å². The minimum Gasteiger partial charge on any atom is -0.485 e. The molecule has 2 aromatic carbocycles. The maximum absolute atomic E-state index is 12.7. The normalized spacial score (nSPS) is 16.9. The average Bonchev–Trinajstić information content (AvgIpc) is 3.03. The number of nitrogens with two attached hydrogens (primary N) is 1. The predicted molar refractivity (Wildman–Crippen MR) is 108 cm³/mol. The Morgan fingerprint density at radius 3 is 2.76 bits per heavy atom. The zero-order valence-electron chi connectivity index (χ0n) is 15.6. The molecule has 4 rings (SSSR count). The largest absolute Gasteiger partial charge is 0.485 e. The SMILES string of the molecule is CCCn1c(=NC(=O)C2COc3ccccc3O2)sc2cc(S(N)(=O)=O)ccc21. The van der Waals surface area contributed by atoms with Crippen LogP contribution in [0.15, 0.2) is 52.4 Å². The monoisotopic (exact) mass is 433 g/mol. The fraction of sp³-hybridized carbons (Fsp3) is 0.263. The molecule has 0 saturated heterocycles. The minimum atomic E-state index is -3.82. The van der Waals surface area contributed by atoms with E-state index in [1.807, 2.05) is 17.6 Å². The first-order chi connectivity index (χ1) is 13.9. The highest BCUT2D eigenvalue weighted by Gasteiger charge is 2.27. The smallest absolute Gasteiger partial charge is 0.292 e. The van der Waals surface area contributed by atoms with E-state index in [4.69, 9.17) is 14.6 Å². The number of para-hydroxylation sites is 2. The number of hydrogen-bond acceptors (Lipinski definition) is 6. The van der Waals surface area contributed by atoms with Crippen LogP contribution in [-0.4, -0.2) is 31.6 Å². The molecule has 0 saturated carbocycles. The van der Waals surface area contributed by atoms with Crippen LogP contribution in [0.1, 0.15) is 13.3 Å². The topological polar surface area (TPSA) is 113 Å². The van der Waals surface area contributed by atoms with E-state index in [1.165, 1.54) is 23.5 Å². The summed E-state index contributed by atoms with van der Waals surface area (Å²) in [5, 5.41) is 5.23. The zero-order chi connectivity index (χ0) is 20.6. The number of rotatable bonds is 4. The fourth-order valence-corrected chi connectivity index (χ4v) is 4.78. The molecule has 0 radical (unpaired) electrons. The Balaban J connectivity index is 1.73. The molecule has 1 aliphatic rings. The number of carbonyl (C=O) groups is 1. The molecule has 8 nitrogen and oxygen atoms in total.